The number of allylic oxidation sites excluding steroid dienone is 2. The molecule has 3 rings (SSSR count). The molecule has 0 fully saturated rings. The van der Waals surface area contributed by atoms with Gasteiger partial charge in [-0.25, -0.2) is 4.79 Å². The van der Waals surface area contributed by atoms with Crippen LogP contribution in [-0.2, 0) is 17.8 Å². The third-order valence-corrected chi connectivity index (χ3v) is 4.18. The summed E-state index contributed by atoms with van der Waals surface area (Å²) in [6, 6.07) is 18.4. The van der Waals surface area contributed by atoms with Crippen molar-refractivity contribution in [3.05, 3.63) is 83.4 Å². The molecule has 0 atom stereocenters. The Labute approximate surface area is 158 Å². The predicted octanol–water partition coefficient (Wildman–Crippen LogP) is 5.77. The Balaban J connectivity index is 1.85. The summed E-state index contributed by atoms with van der Waals surface area (Å²) < 4.78 is 10.7. The van der Waals surface area contributed by atoms with E-state index < -0.39 is 6.16 Å². The minimum atomic E-state index is -0.775. The molecule has 0 unspecified atom stereocenters. The van der Waals surface area contributed by atoms with Crippen LogP contribution in [0.4, 0.5) is 4.79 Å². The molecular weight excluding hydrogens is 340 g/mol. The van der Waals surface area contributed by atoms with Crippen molar-refractivity contribution in [2.24, 2.45) is 0 Å². The van der Waals surface area contributed by atoms with Gasteiger partial charge in [0.05, 0.1) is 0 Å². The molecule has 0 aromatic heterocycles. The number of hydrogen-bond donors (Lipinski definition) is 1. The molecular formula is C23H22O4. The largest absolute Gasteiger partial charge is 0.514 e. The van der Waals surface area contributed by atoms with E-state index in [2.05, 4.69) is 0 Å². The van der Waals surface area contributed by atoms with Crippen molar-refractivity contribution in [1.82, 2.24) is 0 Å². The number of phenolic OH excluding ortho intramolecular Hbond substituents is 1. The average Bonchev–Trinajstić information content (AvgIpc) is 2.68. The van der Waals surface area contributed by atoms with Gasteiger partial charge in [0.25, 0.3) is 0 Å². The van der Waals surface area contributed by atoms with Crippen LogP contribution in [0.1, 0.15) is 25.0 Å². The smallest absolute Gasteiger partial charge is 0.507 e. The zero-order valence-electron chi connectivity index (χ0n) is 15.4. The summed E-state index contributed by atoms with van der Waals surface area (Å²) in [7, 11) is 0. The van der Waals surface area contributed by atoms with E-state index in [0.717, 1.165) is 11.1 Å². The first-order chi connectivity index (χ1) is 13.0. The summed E-state index contributed by atoms with van der Waals surface area (Å²) in [6.07, 6.45) is 1.79. The molecule has 0 amide bonds. The second-order valence-corrected chi connectivity index (χ2v) is 6.54. The van der Waals surface area contributed by atoms with Crippen LogP contribution < -0.4 is 4.74 Å². The number of carbonyl (C=O) groups is 1. The van der Waals surface area contributed by atoms with Crippen LogP contribution >= 0.6 is 0 Å². The maximum Gasteiger partial charge on any atom is 0.514 e. The summed E-state index contributed by atoms with van der Waals surface area (Å²) in [5.74, 6) is 0.576. The fourth-order valence-electron chi connectivity index (χ4n) is 2.77. The van der Waals surface area contributed by atoms with Crippen molar-refractivity contribution in [3.8, 4) is 11.5 Å². The van der Waals surface area contributed by atoms with Crippen molar-refractivity contribution in [2.75, 3.05) is 0 Å². The van der Waals surface area contributed by atoms with Gasteiger partial charge in [0, 0.05) is 16.3 Å². The Morgan fingerprint density at radius 2 is 1.67 bits per heavy atom. The molecule has 0 heterocycles. The number of aromatic hydroxyl groups is 1. The van der Waals surface area contributed by atoms with Gasteiger partial charge in [0.2, 0.25) is 0 Å². The quantitative estimate of drug-likeness (QED) is 0.356. The molecule has 0 radical (unpaired) electrons. The second-order valence-electron chi connectivity index (χ2n) is 6.54. The fraction of sp³-hybridized carbons (Fsp3) is 0.174. The van der Waals surface area contributed by atoms with Crippen LogP contribution in [0.15, 0.2) is 72.3 Å². The highest BCUT2D eigenvalue weighted by atomic mass is 16.7. The molecule has 3 aromatic carbocycles. The Morgan fingerprint density at radius 1 is 1.00 bits per heavy atom. The van der Waals surface area contributed by atoms with Crippen LogP contribution in [0.25, 0.3) is 10.8 Å². The molecule has 0 aliphatic carbocycles. The van der Waals surface area contributed by atoms with E-state index in [1.807, 2.05) is 62.4 Å². The van der Waals surface area contributed by atoms with Gasteiger partial charge in [-0.2, -0.15) is 0 Å². The summed E-state index contributed by atoms with van der Waals surface area (Å²) >= 11 is 0. The van der Waals surface area contributed by atoms with Crippen molar-refractivity contribution >= 4 is 16.9 Å². The number of carbonyl (C=O) groups excluding carboxylic acids is 1. The van der Waals surface area contributed by atoms with Gasteiger partial charge in [0.15, 0.2) is 0 Å². The third kappa shape index (κ3) is 4.67. The zero-order valence-corrected chi connectivity index (χ0v) is 15.4. The van der Waals surface area contributed by atoms with Crippen LogP contribution in [0.5, 0.6) is 11.5 Å². The number of fused-ring (bicyclic) bond motifs is 1. The SMILES string of the molecule is CC(C)=CCc1cc(OC(=O)OCc2ccccc2)c2ccccc2c1O. The highest BCUT2D eigenvalue weighted by molar-refractivity contribution is 5.95. The summed E-state index contributed by atoms with van der Waals surface area (Å²) in [4.78, 5) is 12.2. The monoisotopic (exact) mass is 362 g/mol. The van der Waals surface area contributed by atoms with E-state index in [1.54, 1.807) is 18.2 Å². The molecule has 0 aliphatic rings. The van der Waals surface area contributed by atoms with Gasteiger partial charge >= 0.3 is 6.16 Å². The van der Waals surface area contributed by atoms with E-state index >= 15 is 0 Å². The van der Waals surface area contributed by atoms with Gasteiger partial charge in [-0.3, -0.25) is 0 Å². The maximum atomic E-state index is 12.2. The standard InChI is InChI=1S/C23H22O4/c1-16(2)12-13-18-14-21(19-10-6-7-11-20(19)22(18)24)27-23(25)26-15-17-8-4-3-5-9-17/h3-12,14,24H,13,15H2,1-2H3. The van der Waals surface area contributed by atoms with Crippen molar-refractivity contribution in [2.45, 2.75) is 26.9 Å². The highest BCUT2D eigenvalue weighted by Gasteiger charge is 2.15. The lowest BCUT2D eigenvalue weighted by atomic mass is 10.0. The number of rotatable bonds is 5. The number of benzene rings is 3. The van der Waals surface area contributed by atoms with Gasteiger partial charge in [-0.15, -0.1) is 0 Å². The lowest BCUT2D eigenvalue weighted by molar-refractivity contribution is 0.0932. The minimum Gasteiger partial charge on any atom is -0.507 e. The van der Waals surface area contributed by atoms with E-state index in [1.165, 1.54) is 0 Å². The van der Waals surface area contributed by atoms with E-state index in [9.17, 15) is 9.90 Å². The zero-order chi connectivity index (χ0) is 19.2. The van der Waals surface area contributed by atoms with Crippen molar-refractivity contribution in [1.29, 1.82) is 0 Å². The second kappa shape index (κ2) is 8.41. The maximum absolute atomic E-state index is 12.2. The topological polar surface area (TPSA) is 55.8 Å². The number of phenols is 1. The molecule has 1 N–H and O–H groups in total. The van der Waals surface area contributed by atoms with Gasteiger partial charge in [-0.1, -0.05) is 66.2 Å². The van der Waals surface area contributed by atoms with E-state index in [-0.39, 0.29) is 12.4 Å². The lowest BCUT2D eigenvalue weighted by Crippen LogP contribution is -2.11. The molecule has 0 aliphatic heterocycles. The van der Waals surface area contributed by atoms with Crippen LogP contribution in [0.2, 0.25) is 0 Å². The molecule has 138 valence electrons. The first-order valence-electron chi connectivity index (χ1n) is 8.80. The van der Waals surface area contributed by atoms with Crippen LogP contribution in [0, 0.1) is 0 Å². The normalized spacial score (nSPS) is 10.4. The number of hydrogen-bond acceptors (Lipinski definition) is 4. The molecule has 0 bridgehead atoms. The molecule has 4 heteroatoms. The van der Waals surface area contributed by atoms with Gasteiger partial charge in [0.1, 0.15) is 18.1 Å². The summed E-state index contributed by atoms with van der Waals surface area (Å²) in [5.41, 5.74) is 2.72. The Hall–Kier alpha value is -3.27. The summed E-state index contributed by atoms with van der Waals surface area (Å²) in [6.45, 7) is 4.13. The first kappa shape index (κ1) is 18.5. The van der Waals surface area contributed by atoms with E-state index in [0.29, 0.717) is 28.5 Å². The fourth-order valence-corrected chi connectivity index (χ4v) is 2.77. The molecule has 27 heavy (non-hydrogen) atoms. The molecule has 0 spiro atoms. The van der Waals surface area contributed by atoms with Crippen LogP contribution in [0.3, 0.4) is 0 Å². The van der Waals surface area contributed by atoms with Crippen LogP contribution in [-0.4, -0.2) is 11.3 Å². The summed E-state index contributed by atoms with van der Waals surface area (Å²) in [5, 5.41) is 11.9. The highest BCUT2D eigenvalue weighted by Crippen LogP contribution is 2.36. The molecule has 0 saturated carbocycles. The number of ether oxygens (including phenoxy) is 2. The Kier molecular flexibility index (Phi) is 5.77. The molecule has 0 saturated heterocycles. The molecule has 4 nitrogen and oxygen atoms in total. The predicted molar refractivity (Wildman–Crippen MR) is 106 cm³/mol. The first-order valence-corrected chi connectivity index (χ1v) is 8.80. The Morgan fingerprint density at radius 3 is 2.37 bits per heavy atom. The van der Waals surface area contributed by atoms with Gasteiger partial charge in [-0.05, 0) is 31.9 Å². The minimum absolute atomic E-state index is 0.139. The third-order valence-electron chi connectivity index (χ3n) is 4.18. The average molecular weight is 362 g/mol. The van der Waals surface area contributed by atoms with E-state index in [4.69, 9.17) is 9.47 Å². The molecule has 3 aromatic rings. The van der Waals surface area contributed by atoms with Crippen molar-refractivity contribution < 1.29 is 19.4 Å². The Bertz CT molecular complexity index is 970. The lowest BCUT2D eigenvalue weighted by Gasteiger charge is -2.13. The van der Waals surface area contributed by atoms with Gasteiger partial charge < -0.3 is 14.6 Å². The van der Waals surface area contributed by atoms with Crippen molar-refractivity contribution in [3.63, 3.8) is 0 Å².